The molecular formula is C26H30F5N4O5S2+. The van der Waals surface area contributed by atoms with Gasteiger partial charge in [-0.15, -0.1) is 0 Å². The predicted molar refractivity (Wildman–Crippen MR) is 150 cm³/mol. The summed E-state index contributed by atoms with van der Waals surface area (Å²) in [6.07, 6.45) is 2.41. The highest BCUT2D eigenvalue weighted by Crippen LogP contribution is 2.42. The molecule has 0 bridgehead atoms. The number of carbonyl (C=O) groups excluding carboxylic acids is 1. The lowest BCUT2D eigenvalue weighted by molar-refractivity contribution is -0.136. The lowest BCUT2D eigenvalue weighted by Gasteiger charge is -2.25. The van der Waals surface area contributed by atoms with Gasteiger partial charge in [-0.25, -0.2) is 27.0 Å². The number of sulfone groups is 1. The van der Waals surface area contributed by atoms with Crippen molar-refractivity contribution in [3.05, 3.63) is 47.8 Å². The summed E-state index contributed by atoms with van der Waals surface area (Å²) in [5.41, 5.74) is -1.59. The van der Waals surface area contributed by atoms with Crippen molar-refractivity contribution in [3.63, 3.8) is 0 Å². The number of ether oxygens (including phenoxy) is 2. The largest absolute Gasteiger partial charge is 0.450 e. The van der Waals surface area contributed by atoms with Crippen LogP contribution in [0.4, 0.5) is 32.4 Å². The van der Waals surface area contributed by atoms with Crippen LogP contribution in [0.1, 0.15) is 25.3 Å². The van der Waals surface area contributed by atoms with Crippen molar-refractivity contribution in [1.82, 2.24) is 14.9 Å². The van der Waals surface area contributed by atoms with Crippen molar-refractivity contribution in [2.24, 2.45) is 0 Å². The highest BCUT2D eigenvalue weighted by atomic mass is 32.2. The average molecular weight is 638 g/mol. The maximum atomic E-state index is 14.9. The summed E-state index contributed by atoms with van der Waals surface area (Å²) in [6, 6.07) is 1.61. The van der Waals surface area contributed by atoms with Gasteiger partial charge < -0.3 is 24.7 Å². The molecule has 1 aromatic carbocycles. The first-order chi connectivity index (χ1) is 19.7. The molecule has 2 N–H and O–H groups in total. The van der Waals surface area contributed by atoms with Crippen molar-refractivity contribution in [2.45, 2.75) is 43.2 Å². The molecule has 9 nitrogen and oxygen atoms in total. The molecule has 230 valence electrons. The summed E-state index contributed by atoms with van der Waals surface area (Å²) in [4.78, 5) is 16.1. The van der Waals surface area contributed by atoms with Crippen molar-refractivity contribution in [3.8, 4) is 11.5 Å². The summed E-state index contributed by atoms with van der Waals surface area (Å²) in [7, 11) is -3.08. The van der Waals surface area contributed by atoms with Crippen molar-refractivity contribution >= 4 is 43.5 Å². The molecule has 4 rings (SSSR count). The first-order valence-electron chi connectivity index (χ1n) is 12.8. The monoisotopic (exact) mass is 637 g/mol. The summed E-state index contributed by atoms with van der Waals surface area (Å²) in [5, 5.41) is 3.66. The summed E-state index contributed by atoms with van der Waals surface area (Å²) < 4.78 is 107. The number of amides is 2. The van der Waals surface area contributed by atoms with Crippen LogP contribution in [0.15, 0.2) is 30.6 Å². The molecule has 1 saturated heterocycles. The first kappa shape index (κ1) is 31.8. The summed E-state index contributed by atoms with van der Waals surface area (Å²) in [6.45, 7) is 1.99. The number of anilines is 1. The molecule has 0 aliphatic carbocycles. The number of rotatable bonds is 11. The molecule has 3 aromatic rings. The SMILES string of the molecule is C[C@@H](CCOCn1cc(C(F)(F)F)c2c(Oc3c(F)cc(NC(=O)NCC4CCS4(=O)=O)cc3F)ccnc21)[S+](C)C. The fraction of sp³-hybridized carbons (Fsp3) is 0.462. The zero-order chi connectivity index (χ0) is 30.8. The number of carbonyl (C=O) groups is 1. The van der Waals surface area contributed by atoms with Crippen molar-refractivity contribution in [1.29, 1.82) is 0 Å². The summed E-state index contributed by atoms with van der Waals surface area (Å²) >= 11 is 0. The maximum absolute atomic E-state index is 14.9. The Balaban J connectivity index is 1.53. The molecule has 2 aromatic heterocycles. The van der Waals surface area contributed by atoms with Crippen LogP contribution in [0.2, 0.25) is 0 Å². The number of benzene rings is 1. The molecule has 2 amide bonds. The van der Waals surface area contributed by atoms with Crippen LogP contribution >= 0.6 is 0 Å². The van der Waals surface area contributed by atoms with Gasteiger partial charge in [-0.2, -0.15) is 13.2 Å². The second-order valence-corrected chi connectivity index (χ2v) is 15.0. The fourth-order valence-corrected chi connectivity index (χ4v) is 6.02. The van der Waals surface area contributed by atoms with Crippen LogP contribution in [-0.4, -0.2) is 65.9 Å². The lowest BCUT2D eigenvalue weighted by Crippen LogP contribution is -2.46. The number of nitrogens with zero attached hydrogens (tertiary/aromatic N) is 2. The van der Waals surface area contributed by atoms with Crippen LogP contribution in [0.25, 0.3) is 11.0 Å². The molecule has 0 radical (unpaired) electrons. The molecule has 1 aliphatic heterocycles. The number of alkyl halides is 3. The number of urea groups is 1. The minimum absolute atomic E-state index is 0.0314. The third kappa shape index (κ3) is 7.26. The van der Waals surface area contributed by atoms with Gasteiger partial charge in [0, 0.05) is 43.2 Å². The number of hydrogen-bond donors (Lipinski definition) is 2. The Morgan fingerprint density at radius 2 is 1.93 bits per heavy atom. The number of hydrogen-bond acceptors (Lipinski definition) is 6. The molecule has 16 heteroatoms. The second kappa shape index (κ2) is 12.6. The average Bonchev–Trinajstić information content (AvgIpc) is 3.28. The molecule has 1 unspecified atom stereocenters. The minimum atomic E-state index is -4.84. The van der Waals surface area contributed by atoms with E-state index >= 15 is 0 Å². The van der Waals surface area contributed by atoms with E-state index in [1.807, 2.05) is 0 Å². The van der Waals surface area contributed by atoms with E-state index in [0.29, 0.717) is 18.3 Å². The van der Waals surface area contributed by atoms with Gasteiger partial charge in [0.25, 0.3) is 0 Å². The normalized spacial score (nSPS) is 17.2. The number of pyridine rings is 1. The first-order valence-corrected chi connectivity index (χ1v) is 16.6. The van der Waals surface area contributed by atoms with E-state index in [-0.39, 0.29) is 41.3 Å². The van der Waals surface area contributed by atoms with Gasteiger partial charge in [-0.1, -0.05) is 0 Å². The van der Waals surface area contributed by atoms with Crippen LogP contribution in [0.5, 0.6) is 11.5 Å². The second-order valence-electron chi connectivity index (χ2n) is 10.0. The third-order valence-electron chi connectivity index (χ3n) is 6.92. The lowest BCUT2D eigenvalue weighted by atomic mass is 10.2. The van der Waals surface area contributed by atoms with Crippen molar-refractivity contribution < 1.29 is 44.6 Å². The van der Waals surface area contributed by atoms with Gasteiger partial charge in [0.05, 0.1) is 41.1 Å². The van der Waals surface area contributed by atoms with E-state index in [0.717, 1.165) is 41.6 Å². The Kier molecular flexibility index (Phi) is 9.57. The number of halogens is 5. The molecule has 2 atom stereocenters. The molecule has 1 fully saturated rings. The topological polar surface area (TPSA) is 112 Å². The fourth-order valence-electron chi connectivity index (χ4n) is 4.16. The van der Waals surface area contributed by atoms with Gasteiger partial charge in [0.1, 0.15) is 23.4 Å². The molecule has 0 spiro atoms. The smallest absolute Gasteiger partial charge is 0.418 e. The molecule has 0 saturated carbocycles. The van der Waals surface area contributed by atoms with Crippen LogP contribution in [-0.2, 0) is 38.4 Å². The Labute approximate surface area is 242 Å². The number of aromatic nitrogens is 2. The Bertz CT molecular complexity index is 1540. The van der Waals surface area contributed by atoms with E-state index in [2.05, 4.69) is 35.1 Å². The zero-order valence-corrected chi connectivity index (χ0v) is 24.6. The van der Waals surface area contributed by atoms with E-state index in [1.165, 1.54) is 0 Å². The van der Waals surface area contributed by atoms with Gasteiger partial charge in [0.2, 0.25) is 0 Å². The predicted octanol–water partition coefficient (Wildman–Crippen LogP) is 5.06. The highest BCUT2D eigenvalue weighted by molar-refractivity contribution is 7.96. The number of nitrogens with one attached hydrogen (secondary N) is 2. The summed E-state index contributed by atoms with van der Waals surface area (Å²) in [5.74, 6) is -4.04. The van der Waals surface area contributed by atoms with E-state index < -0.39 is 61.4 Å². The molecule has 3 heterocycles. The van der Waals surface area contributed by atoms with Gasteiger partial charge in [-0.3, -0.25) is 0 Å². The quantitative estimate of drug-likeness (QED) is 0.173. The van der Waals surface area contributed by atoms with E-state index in [9.17, 15) is 35.2 Å². The van der Waals surface area contributed by atoms with Crippen molar-refractivity contribution in [2.75, 3.05) is 36.7 Å². The number of fused-ring (bicyclic) bond motifs is 1. The van der Waals surface area contributed by atoms with Gasteiger partial charge in [0.15, 0.2) is 27.2 Å². The van der Waals surface area contributed by atoms with Gasteiger partial charge in [-0.05, 0) is 30.3 Å². The minimum Gasteiger partial charge on any atom is -0.450 e. The Morgan fingerprint density at radius 3 is 2.50 bits per heavy atom. The highest BCUT2D eigenvalue weighted by Gasteiger charge is 2.37. The van der Waals surface area contributed by atoms with Crippen LogP contribution in [0, 0.1) is 11.6 Å². The van der Waals surface area contributed by atoms with Crippen LogP contribution < -0.4 is 15.4 Å². The van der Waals surface area contributed by atoms with Gasteiger partial charge >= 0.3 is 12.2 Å². The van der Waals surface area contributed by atoms with Crippen LogP contribution in [0.3, 0.4) is 0 Å². The van der Waals surface area contributed by atoms with E-state index in [1.54, 1.807) is 0 Å². The standard InChI is InChI=1S/C26H29F5N4O5S2/c1-15(41(2)3)5-8-39-14-35-13-18(26(29,30)31)22-21(4-7-32-24(22)35)40-23-19(27)10-16(11-20(23)28)34-25(36)33-12-17-6-9-42(17,37)38/h4,7,10-11,13,15,17H,5-6,8-9,12,14H2,1-3H3,(H-,33,34,36)/p+1/t15-,17?/m0/s1. The Morgan fingerprint density at radius 1 is 1.24 bits per heavy atom. The Hall–Kier alpha value is -3.11. The third-order valence-corrected chi connectivity index (χ3v) is 11.0. The maximum Gasteiger partial charge on any atom is 0.418 e. The molecule has 42 heavy (non-hydrogen) atoms. The zero-order valence-electron chi connectivity index (χ0n) is 22.9. The molecular weight excluding hydrogens is 607 g/mol. The molecule has 1 aliphatic rings. The van der Waals surface area contributed by atoms with E-state index in [4.69, 9.17) is 9.47 Å².